The van der Waals surface area contributed by atoms with Gasteiger partial charge in [0.1, 0.15) is 6.04 Å². The third-order valence-electron chi connectivity index (χ3n) is 7.47. The number of hydrogen-bond acceptors (Lipinski definition) is 7. The summed E-state index contributed by atoms with van der Waals surface area (Å²) in [5.41, 5.74) is 4.26. The van der Waals surface area contributed by atoms with E-state index in [1.165, 1.54) is 5.56 Å². The predicted molar refractivity (Wildman–Crippen MR) is 154 cm³/mol. The lowest BCUT2D eigenvalue weighted by atomic mass is 9.91. The highest BCUT2D eigenvalue weighted by Crippen LogP contribution is 2.42. The number of amides is 1. The molecule has 1 amide bonds. The normalized spacial score (nSPS) is 15.9. The highest BCUT2D eigenvalue weighted by molar-refractivity contribution is 5.83. The van der Waals surface area contributed by atoms with E-state index < -0.39 is 6.04 Å². The van der Waals surface area contributed by atoms with Gasteiger partial charge in [-0.1, -0.05) is 36.4 Å². The minimum atomic E-state index is -0.524. The Morgan fingerprint density at radius 3 is 2.27 bits per heavy atom. The number of methoxy groups -OCH3 is 4. The van der Waals surface area contributed by atoms with Gasteiger partial charge >= 0.3 is 0 Å². The molecule has 214 valence electrons. The maximum absolute atomic E-state index is 13.8. The number of aliphatic hydroxyl groups excluding tert-OH is 1. The van der Waals surface area contributed by atoms with Crippen LogP contribution in [0.1, 0.15) is 47.2 Å². The molecule has 0 aliphatic carbocycles. The number of carbonyl (C=O) groups is 1. The highest BCUT2D eigenvalue weighted by Gasteiger charge is 2.36. The van der Waals surface area contributed by atoms with Crippen LogP contribution in [0.4, 0.5) is 0 Å². The van der Waals surface area contributed by atoms with E-state index in [0.29, 0.717) is 48.9 Å². The third-order valence-corrected chi connectivity index (χ3v) is 7.47. The lowest BCUT2D eigenvalue weighted by Crippen LogP contribution is -2.43. The summed E-state index contributed by atoms with van der Waals surface area (Å²) in [5, 5.41) is 12.4. The van der Waals surface area contributed by atoms with E-state index in [4.69, 9.17) is 18.9 Å². The molecule has 0 saturated heterocycles. The van der Waals surface area contributed by atoms with Crippen molar-refractivity contribution >= 4 is 5.91 Å². The number of aliphatic hydroxyl groups is 1. The van der Waals surface area contributed by atoms with Gasteiger partial charge in [-0.25, -0.2) is 0 Å². The summed E-state index contributed by atoms with van der Waals surface area (Å²) in [4.78, 5) is 16.1. The summed E-state index contributed by atoms with van der Waals surface area (Å²) in [6.07, 6.45) is 2.86. The molecule has 0 spiro atoms. The molecule has 3 aromatic rings. The first-order valence-electron chi connectivity index (χ1n) is 13.7. The molecule has 4 rings (SSSR count). The third kappa shape index (κ3) is 6.51. The topological polar surface area (TPSA) is 89.5 Å². The molecule has 2 N–H and O–H groups in total. The van der Waals surface area contributed by atoms with Gasteiger partial charge in [0.2, 0.25) is 5.91 Å². The van der Waals surface area contributed by atoms with Gasteiger partial charge in [-0.05, 0) is 72.2 Å². The van der Waals surface area contributed by atoms with Crippen molar-refractivity contribution in [3.63, 3.8) is 0 Å². The molecule has 40 heavy (non-hydrogen) atoms. The number of nitrogens with zero attached hydrogens (tertiary/aromatic N) is 1. The number of carbonyl (C=O) groups excluding carboxylic acids is 1. The molecule has 8 heteroatoms. The Balaban J connectivity index is 1.85. The summed E-state index contributed by atoms with van der Waals surface area (Å²) in [5.74, 6) is 2.60. The Kier molecular flexibility index (Phi) is 10.3. The average Bonchev–Trinajstić information content (AvgIpc) is 3.15. The van der Waals surface area contributed by atoms with E-state index in [1.807, 2.05) is 48.5 Å². The Bertz CT molecular complexity index is 1270. The summed E-state index contributed by atoms with van der Waals surface area (Å²) < 4.78 is 22.4. The molecule has 8 nitrogen and oxygen atoms in total. The van der Waals surface area contributed by atoms with Crippen molar-refractivity contribution in [1.29, 1.82) is 0 Å². The number of benzene rings is 3. The number of aryl methyl sites for hydroxylation is 1. The van der Waals surface area contributed by atoms with E-state index in [1.54, 1.807) is 28.4 Å². The number of nitrogens with one attached hydrogen (secondary N) is 1. The van der Waals surface area contributed by atoms with Gasteiger partial charge in [0.25, 0.3) is 0 Å². The summed E-state index contributed by atoms with van der Waals surface area (Å²) in [6, 6.07) is 19.3. The first-order valence-corrected chi connectivity index (χ1v) is 13.7. The van der Waals surface area contributed by atoms with Crippen LogP contribution >= 0.6 is 0 Å². The Morgan fingerprint density at radius 2 is 1.60 bits per heavy atom. The van der Waals surface area contributed by atoms with Crippen LogP contribution in [0.2, 0.25) is 0 Å². The van der Waals surface area contributed by atoms with Gasteiger partial charge in [0.05, 0.1) is 28.4 Å². The Hall–Kier alpha value is -3.75. The number of hydrogen-bond donors (Lipinski definition) is 2. The molecule has 2 atom stereocenters. The van der Waals surface area contributed by atoms with E-state index in [-0.39, 0.29) is 18.6 Å². The molecule has 0 aromatic heterocycles. The summed E-state index contributed by atoms with van der Waals surface area (Å²) in [7, 11) is 6.55. The van der Waals surface area contributed by atoms with Crippen LogP contribution in [0.25, 0.3) is 0 Å². The fourth-order valence-corrected chi connectivity index (χ4v) is 5.53. The molecule has 1 aliphatic rings. The zero-order valence-corrected chi connectivity index (χ0v) is 23.8. The van der Waals surface area contributed by atoms with Crippen molar-refractivity contribution in [2.24, 2.45) is 0 Å². The van der Waals surface area contributed by atoms with Crippen molar-refractivity contribution < 1.29 is 28.8 Å². The Morgan fingerprint density at radius 1 is 0.925 bits per heavy atom. The van der Waals surface area contributed by atoms with Crippen LogP contribution in [0, 0.1) is 0 Å². The van der Waals surface area contributed by atoms with Crippen molar-refractivity contribution in [2.75, 3.05) is 48.1 Å². The summed E-state index contributed by atoms with van der Waals surface area (Å²) in [6.45, 7) is 1.15. The second-order valence-electron chi connectivity index (χ2n) is 9.84. The maximum Gasteiger partial charge on any atom is 0.241 e. The SMILES string of the molecule is COc1ccc(CC2c3cc(OC)c(OC)cc3CCCN2C(C(=O)NCCCO)c2ccccc2)cc1OC. The zero-order valence-electron chi connectivity index (χ0n) is 23.8. The predicted octanol–water partition coefficient (Wildman–Crippen LogP) is 4.49. The molecule has 1 aliphatic heterocycles. The average molecular weight is 549 g/mol. The van der Waals surface area contributed by atoms with Crippen LogP contribution in [0.5, 0.6) is 23.0 Å². The molecule has 0 bridgehead atoms. The number of ether oxygens (including phenoxy) is 4. The van der Waals surface area contributed by atoms with E-state index in [2.05, 4.69) is 22.3 Å². The minimum absolute atomic E-state index is 0.0247. The first kappa shape index (κ1) is 29.2. The van der Waals surface area contributed by atoms with Gasteiger partial charge in [0.15, 0.2) is 23.0 Å². The molecular formula is C32H40N2O6. The van der Waals surface area contributed by atoms with E-state index in [0.717, 1.165) is 29.5 Å². The van der Waals surface area contributed by atoms with Crippen LogP contribution in [-0.2, 0) is 17.6 Å². The largest absolute Gasteiger partial charge is 0.493 e. The quantitative estimate of drug-likeness (QED) is 0.322. The van der Waals surface area contributed by atoms with Crippen molar-refractivity contribution in [1.82, 2.24) is 10.2 Å². The minimum Gasteiger partial charge on any atom is -0.493 e. The molecule has 3 aromatic carbocycles. The van der Waals surface area contributed by atoms with Gasteiger partial charge in [0, 0.05) is 25.7 Å². The van der Waals surface area contributed by atoms with Gasteiger partial charge in [-0.2, -0.15) is 0 Å². The molecular weight excluding hydrogens is 508 g/mol. The van der Waals surface area contributed by atoms with Crippen molar-refractivity contribution in [3.05, 3.63) is 82.9 Å². The molecule has 0 saturated carbocycles. The second-order valence-corrected chi connectivity index (χ2v) is 9.84. The van der Waals surface area contributed by atoms with Gasteiger partial charge < -0.3 is 29.4 Å². The monoisotopic (exact) mass is 548 g/mol. The number of rotatable bonds is 12. The lowest BCUT2D eigenvalue weighted by molar-refractivity contribution is -0.127. The van der Waals surface area contributed by atoms with Crippen LogP contribution in [0.3, 0.4) is 0 Å². The fraction of sp³-hybridized carbons (Fsp3) is 0.406. The smallest absolute Gasteiger partial charge is 0.241 e. The van der Waals surface area contributed by atoms with Gasteiger partial charge in [-0.15, -0.1) is 0 Å². The lowest BCUT2D eigenvalue weighted by Gasteiger charge is -2.37. The fourth-order valence-electron chi connectivity index (χ4n) is 5.53. The standard InChI is InChI=1S/C32H40N2O6/c1-37-27-14-13-22(19-28(27)38-2)18-26-25-21-30(40-4)29(39-3)20-24(25)12-8-16-34(26)31(23-10-6-5-7-11-23)32(36)33-15-9-17-35/h5-7,10-11,13-14,19-21,26,31,35H,8-9,12,15-18H2,1-4H3,(H,33,36). The van der Waals surface area contributed by atoms with E-state index >= 15 is 0 Å². The number of fused-ring (bicyclic) bond motifs is 1. The molecule has 1 heterocycles. The Labute approximate surface area is 236 Å². The van der Waals surface area contributed by atoms with Crippen molar-refractivity contribution in [3.8, 4) is 23.0 Å². The van der Waals surface area contributed by atoms with Gasteiger partial charge in [-0.3, -0.25) is 9.69 Å². The maximum atomic E-state index is 13.8. The van der Waals surface area contributed by atoms with Crippen LogP contribution < -0.4 is 24.3 Å². The highest BCUT2D eigenvalue weighted by atomic mass is 16.5. The second kappa shape index (κ2) is 14.1. The van der Waals surface area contributed by atoms with E-state index in [9.17, 15) is 9.90 Å². The molecule has 0 radical (unpaired) electrons. The van der Waals surface area contributed by atoms with Crippen LogP contribution in [-0.4, -0.2) is 64.0 Å². The molecule has 2 unspecified atom stereocenters. The van der Waals surface area contributed by atoms with Crippen LogP contribution in [0.15, 0.2) is 60.7 Å². The first-order chi connectivity index (χ1) is 19.5. The zero-order chi connectivity index (χ0) is 28.5. The summed E-state index contributed by atoms with van der Waals surface area (Å²) >= 11 is 0. The molecule has 0 fully saturated rings. The van der Waals surface area contributed by atoms with Crippen molar-refractivity contribution in [2.45, 2.75) is 37.8 Å².